The van der Waals surface area contributed by atoms with E-state index in [4.69, 9.17) is 30.1 Å². The van der Waals surface area contributed by atoms with Gasteiger partial charge < -0.3 is 23.7 Å². The minimum atomic E-state index is -4.31. The molecule has 5 rings (SSSR count). The summed E-state index contributed by atoms with van der Waals surface area (Å²) >= 11 is 0. The molecular weight excluding hydrogens is 580 g/mol. The Labute approximate surface area is 245 Å². The lowest BCUT2D eigenvalue weighted by Gasteiger charge is -2.17. The number of methoxy groups -OCH3 is 3. The predicted molar refractivity (Wildman–Crippen MR) is 151 cm³/mol. The number of sulfonamides is 1. The lowest BCUT2D eigenvalue weighted by molar-refractivity contribution is 0.354. The molecule has 3 aromatic heterocycles. The van der Waals surface area contributed by atoms with E-state index in [2.05, 4.69) is 40.3 Å². The van der Waals surface area contributed by atoms with E-state index in [-0.39, 0.29) is 45.5 Å². The maximum atomic E-state index is 13.7. The zero-order valence-electron chi connectivity index (χ0n) is 22.8. The van der Waals surface area contributed by atoms with Gasteiger partial charge in [-0.1, -0.05) is 18.6 Å². The normalized spacial score (nSPS) is 10.8. The van der Waals surface area contributed by atoms with Gasteiger partial charge in [-0.2, -0.15) is 4.98 Å². The number of aromatic amines is 1. The van der Waals surface area contributed by atoms with Gasteiger partial charge in [0.2, 0.25) is 5.75 Å². The first-order valence-corrected chi connectivity index (χ1v) is 13.7. The van der Waals surface area contributed by atoms with E-state index in [1.807, 2.05) is 6.11 Å². The summed E-state index contributed by atoms with van der Waals surface area (Å²) in [6.45, 7) is 0. The van der Waals surface area contributed by atoms with Gasteiger partial charge in [0.05, 0.1) is 26.2 Å². The summed E-state index contributed by atoms with van der Waals surface area (Å²) in [4.78, 5) is 13.0. The van der Waals surface area contributed by atoms with Crippen molar-refractivity contribution < 1.29 is 32.1 Å². The number of hydrogen-bond donors (Lipinski definition) is 2. The van der Waals surface area contributed by atoms with Gasteiger partial charge in [0.25, 0.3) is 15.9 Å². The Bertz CT molecular complexity index is 1910. The van der Waals surface area contributed by atoms with Gasteiger partial charge in [-0.05, 0) is 46.8 Å². The Hall–Kier alpha value is -5.95. The first-order chi connectivity index (χ1) is 20.9. The van der Waals surface area contributed by atoms with Crippen molar-refractivity contribution in [2.45, 2.75) is 4.90 Å². The fourth-order valence-electron chi connectivity index (χ4n) is 3.79. The molecule has 16 heteroatoms. The van der Waals surface area contributed by atoms with Crippen LogP contribution in [0.15, 0.2) is 65.7 Å². The van der Waals surface area contributed by atoms with Crippen molar-refractivity contribution in [2.75, 3.05) is 26.1 Å². The second-order valence-electron chi connectivity index (χ2n) is 8.30. The molecule has 0 aliphatic heterocycles. The molecule has 0 saturated carbocycles. The molecular formula is C27H22N8O7S. The minimum absolute atomic E-state index is 0.0127. The van der Waals surface area contributed by atoms with Crippen molar-refractivity contribution in [1.82, 2.24) is 35.6 Å². The molecule has 3 heterocycles. The molecule has 2 aromatic carbocycles. The van der Waals surface area contributed by atoms with Crippen molar-refractivity contribution in [3.63, 3.8) is 0 Å². The van der Waals surface area contributed by atoms with Crippen molar-refractivity contribution in [3.05, 3.63) is 60.8 Å². The molecule has 0 radical (unpaired) electrons. The van der Waals surface area contributed by atoms with E-state index in [9.17, 15) is 8.42 Å². The number of rotatable bonds is 11. The lowest BCUT2D eigenvalue weighted by atomic mass is 10.2. The van der Waals surface area contributed by atoms with Crippen molar-refractivity contribution >= 4 is 15.8 Å². The monoisotopic (exact) mass is 602 g/mol. The van der Waals surface area contributed by atoms with Crippen molar-refractivity contribution in [3.8, 4) is 70.1 Å². The Morgan fingerprint density at radius 1 is 0.907 bits per heavy atom. The average molecular weight is 603 g/mol. The van der Waals surface area contributed by atoms with Gasteiger partial charge in [-0.3, -0.25) is 9.71 Å². The molecule has 43 heavy (non-hydrogen) atoms. The third-order valence-corrected chi connectivity index (χ3v) is 7.11. The van der Waals surface area contributed by atoms with Crippen molar-refractivity contribution in [2.24, 2.45) is 0 Å². The SMILES string of the molecule is C#COc1nc(-c2ccnc(-c3nnn[nH]3)c2)nc(NS(=O)(=O)c2ccc(OC)c(OC)c2)c1Oc1ccccc1OC. The Morgan fingerprint density at radius 2 is 1.65 bits per heavy atom. The van der Waals surface area contributed by atoms with Crippen LogP contribution in [0, 0.1) is 12.5 Å². The van der Waals surface area contributed by atoms with Crippen LogP contribution in [0.1, 0.15) is 0 Å². The number of H-pyrrole nitrogens is 1. The van der Waals surface area contributed by atoms with Crippen molar-refractivity contribution in [1.29, 1.82) is 0 Å². The lowest BCUT2D eigenvalue weighted by Crippen LogP contribution is -2.16. The molecule has 0 aliphatic rings. The fraction of sp³-hybridized carbons (Fsp3) is 0.111. The summed E-state index contributed by atoms with van der Waals surface area (Å²) in [5.74, 6) is 0.590. The summed E-state index contributed by atoms with van der Waals surface area (Å²) < 4.78 is 57.1. The Balaban J connectivity index is 1.67. The smallest absolute Gasteiger partial charge is 0.279 e. The molecule has 0 spiro atoms. The predicted octanol–water partition coefficient (Wildman–Crippen LogP) is 3.31. The number of pyridine rings is 1. The fourth-order valence-corrected chi connectivity index (χ4v) is 4.82. The van der Waals surface area contributed by atoms with Crippen LogP contribution in [0.25, 0.3) is 22.9 Å². The largest absolute Gasteiger partial charge is 0.493 e. The van der Waals surface area contributed by atoms with Gasteiger partial charge >= 0.3 is 0 Å². The molecule has 0 amide bonds. The molecule has 0 bridgehead atoms. The number of tetrazole rings is 1. The highest BCUT2D eigenvalue weighted by atomic mass is 32.2. The number of anilines is 1. The standard InChI is InChI=1S/C27H22N8O7S/c1-5-41-27-23(42-21-9-7-6-8-19(21)38-2)26(33-43(36,37)17-10-11-20(39-3)22(15-17)40-4)29-24(30-27)16-12-13-28-18(14-16)25-31-34-35-32-25/h1,6-15H,2-4H3,(H,29,30,33)(H,31,32,34,35). The van der Waals surface area contributed by atoms with Crippen LogP contribution in [0.5, 0.6) is 34.6 Å². The molecule has 0 aliphatic carbocycles. The van der Waals surface area contributed by atoms with E-state index in [1.165, 1.54) is 45.7 Å². The molecule has 0 atom stereocenters. The number of nitrogens with one attached hydrogen (secondary N) is 2. The molecule has 5 aromatic rings. The van der Waals surface area contributed by atoms with Gasteiger partial charge in [-0.15, -0.1) is 5.10 Å². The molecule has 0 unspecified atom stereocenters. The van der Waals surface area contributed by atoms with Crippen LogP contribution in [-0.4, -0.2) is 65.3 Å². The number of terminal acetylenes is 1. The second kappa shape index (κ2) is 12.3. The number of para-hydroxylation sites is 2. The molecule has 218 valence electrons. The Kier molecular flexibility index (Phi) is 8.16. The molecule has 0 fully saturated rings. The topological polar surface area (TPSA) is 185 Å². The van der Waals surface area contributed by atoms with Crippen LogP contribution in [0.3, 0.4) is 0 Å². The number of ether oxygens (including phenoxy) is 5. The maximum absolute atomic E-state index is 13.7. The van der Waals surface area contributed by atoms with E-state index in [1.54, 1.807) is 36.4 Å². The quantitative estimate of drug-likeness (QED) is 0.210. The Morgan fingerprint density at radius 3 is 2.35 bits per heavy atom. The summed E-state index contributed by atoms with van der Waals surface area (Å²) in [5.41, 5.74) is 0.769. The van der Waals surface area contributed by atoms with Gasteiger partial charge in [0.15, 0.2) is 40.5 Å². The third-order valence-electron chi connectivity index (χ3n) is 5.77. The highest BCUT2D eigenvalue weighted by Gasteiger charge is 2.26. The highest BCUT2D eigenvalue weighted by Crippen LogP contribution is 2.42. The van der Waals surface area contributed by atoms with E-state index < -0.39 is 10.0 Å². The third kappa shape index (κ3) is 6.06. The van der Waals surface area contributed by atoms with E-state index in [0.717, 1.165) is 0 Å². The molecule has 15 nitrogen and oxygen atoms in total. The molecule has 2 N–H and O–H groups in total. The molecule has 0 saturated heterocycles. The summed E-state index contributed by atoms with van der Waals surface area (Å²) in [7, 11) is -0.0402. The minimum Gasteiger partial charge on any atom is -0.493 e. The van der Waals surface area contributed by atoms with Crippen LogP contribution < -0.4 is 28.4 Å². The average Bonchev–Trinajstić information content (AvgIpc) is 3.58. The zero-order valence-corrected chi connectivity index (χ0v) is 23.6. The number of nitrogens with zero attached hydrogens (tertiary/aromatic N) is 6. The van der Waals surface area contributed by atoms with E-state index >= 15 is 0 Å². The van der Waals surface area contributed by atoms with Crippen LogP contribution in [0.2, 0.25) is 0 Å². The van der Waals surface area contributed by atoms with Crippen LogP contribution >= 0.6 is 0 Å². The summed E-state index contributed by atoms with van der Waals surface area (Å²) in [6.07, 6.45) is 8.99. The van der Waals surface area contributed by atoms with Gasteiger partial charge in [0, 0.05) is 17.8 Å². The first-order valence-electron chi connectivity index (χ1n) is 12.2. The highest BCUT2D eigenvalue weighted by molar-refractivity contribution is 7.92. The zero-order chi connectivity index (χ0) is 30.4. The maximum Gasteiger partial charge on any atom is 0.279 e. The summed E-state index contributed by atoms with van der Waals surface area (Å²) in [6, 6.07) is 13.9. The van der Waals surface area contributed by atoms with Gasteiger partial charge in [-0.25, -0.2) is 18.5 Å². The van der Waals surface area contributed by atoms with Crippen LogP contribution in [-0.2, 0) is 10.0 Å². The van der Waals surface area contributed by atoms with Crippen LogP contribution in [0.4, 0.5) is 5.82 Å². The number of benzene rings is 2. The first kappa shape index (κ1) is 28.6. The second-order valence-corrected chi connectivity index (χ2v) is 9.99. The van der Waals surface area contributed by atoms with Gasteiger partial charge in [0.1, 0.15) is 11.8 Å². The number of aromatic nitrogens is 7. The van der Waals surface area contributed by atoms with E-state index in [0.29, 0.717) is 22.8 Å². The number of hydrogen-bond acceptors (Lipinski definition) is 13. The summed E-state index contributed by atoms with van der Waals surface area (Å²) in [5, 5.41) is 13.6.